The van der Waals surface area contributed by atoms with E-state index in [1.807, 2.05) is 20.8 Å². The second-order valence-corrected chi connectivity index (χ2v) is 10.8. The summed E-state index contributed by atoms with van der Waals surface area (Å²) in [6.45, 7) is 6.12. The molecule has 2 aromatic heterocycles. The maximum atomic E-state index is 13.8. The van der Waals surface area contributed by atoms with Gasteiger partial charge in [0.05, 0.1) is 29.7 Å². The van der Waals surface area contributed by atoms with Crippen LogP contribution in [0.5, 0.6) is 5.75 Å². The highest BCUT2D eigenvalue weighted by molar-refractivity contribution is 6.09. The first-order valence-electron chi connectivity index (χ1n) is 13.4. The van der Waals surface area contributed by atoms with E-state index in [2.05, 4.69) is 5.10 Å². The van der Waals surface area contributed by atoms with E-state index in [9.17, 15) is 23.5 Å². The summed E-state index contributed by atoms with van der Waals surface area (Å²) < 4.78 is 34.8. The van der Waals surface area contributed by atoms with E-state index < -0.39 is 17.5 Å². The van der Waals surface area contributed by atoms with Gasteiger partial charge in [-0.25, -0.2) is 18.4 Å². The van der Waals surface area contributed by atoms with Crippen molar-refractivity contribution in [3.8, 4) is 16.9 Å². The lowest BCUT2D eigenvalue weighted by molar-refractivity contribution is -0.121. The van der Waals surface area contributed by atoms with Crippen molar-refractivity contribution in [3.05, 3.63) is 71.1 Å². The third kappa shape index (κ3) is 5.49. The van der Waals surface area contributed by atoms with Crippen molar-refractivity contribution in [2.75, 3.05) is 18.1 Å². The number of hydrogen-bond acceptors (Lipinski definition) is 6. The van der Waals surface area contributed by atoms with E-state index in [0.29, 0.717) is 57.8 Å². The number of hydrogen-bond donors (Lipinski definition) is 2. The first kappa shape index (κ1) is 28.2. The number of rotatable bonds is 9. The molecule has 0 radical (unpaired) electrons. The molecule has 4 aromatic rings. The molecule has 0 bridgehead atoms. The summed E-state index contributed by atoms with van der Waals surface area (Å²) in [5, 5.41) is 14.7. The molecular formula is C30H31F2N5O4. The number of nitrogens with two attached hydrogens (primary N) is 1. The van der Waals surface area contributed by atoms with Crippen LogP contribution in [0.3, 0.4) is 0 Å². The molecule has 3 N–H and O–H groups in total. The Hall–Kier alpha value is -4.38. The molecule has 0 saturated carbocycles. The van der Waals surface area contributed by atoms with Crippen molar-refractivity contribution >= 4 is 28.5 Å². The predicted octanol–water partition coefficient (Wildman–Crippen LogP) is 4.23. The quantitative estimate of drug-likeness (QED) is 0.314. The number of primary amides is 1. The predicted molar refractivity (Wildman–Crippen MR) is 149 cm³/mol. The zero-order chi connectivity index (χ0) is 29.4. The normalized spacial score (nSPS) is 13.9. The van der Waals surface area contributed by atoms with Crippen molar-refractivity contribution in [1.29, 1.82) is 0 Å². The highest BCUT2D eigenvalue weighted by atomic mass is 19.2. The maximum Gasteiger partial charge on any atom is 0.265 e. The summed E-state index contributed by atoms with van der Waals surface area (Å²) in [6.07, 6.45) is 2.13. The average molecular weight is 564 g/mol. The van der Waals surface area contributed by atoms with Crippen LogP contribution in [-0.2, 0) is 24.3 Å². The van der Waals surface area contributed by atoms with Gasteiger partial charge in [0.1, 0.15) is 5.75 Å². The lowest BCUT2D eigenvalue weighted by Gasteiger charge is -2.30. The van der Waals surface area contributed by atoms with Gasteiger partial charge in [0.25, 0.3) is 11.8 Å². The van der Waals surface area contributed by atoms with Gasteiger partial charge in [-0.3, -0.25) is 9.59 Å². The minimum Gasteiger partial charge on any atom is -0.482 e. The van der Waals surface area contributed by atoms with E-state index >= 15 is 0 Å². The van der Waals surface area contributed by atoms with E-state index in [-0.39, 0.29) is 43.1 Å². The van der Waals surface area contributed by atoms with E-state index in [4.69, 9.17) is 15.5 Å². The number of anilines is 1. The number of halogens is 2. The van der Waals surface area contributed by atoms with E-state index in [1.54, 1.807) is 29.1 Å². The molecule has 2 aromatic carbocycles. The molecule has 9 nitrogen and oxygen atoms in total. The Kier molecular flexibility index (Phi) is 7.72. The van der Waals surface area contributed by atoms with Crippen LogP contribution in [0.2, 0.25) is 0 Å². The second kappa shape index (κ2) is 11.2. The van der Waals surface area contributed by atoms with Crippen molar-refractivity contribution < 1.29 is 28.2 Å². The Morgan fingerprint density at radius 2 is 1.93 bits per heavy atom. The fourth-order valence-electron chi connectivity index (χ4n) is 5.08. The number of carbonyl (C=O) groups excluding carboxylic acids is 2. The molecule has 0 unspecified atom stereocenters. The Morgan fingerprint density at radius 1 is 1.15 bits per heavy atom. The number of nitrogens with zero attached hydrogens (tertiary/aromatic N) is 4. The molecule has 3 heterocycles. The van der Waals surface area contributed by atoms with Crippen LogP contribution in [0.15, 0.2) is 42.6 Å². The van der Waals surface area contributed by atoms with Crippen LogP contribution >= 0.6 is 0 Å². The molecule has 5 rings (SSSR count). The molecule has 214 valence electrons. The molecule has 1 atom stereocenters. The Labute approximate surface area is 235 Å². The number of fused-ring (bicyclic) bond motifs is 2. The van der Waals surface area contributed by atoms with Gasteiger partial charge in [-0.2, -0.15) is 5.10 Å². The highest BCUT2D eigenvalue weighted by Crippen LogP contribution is 2.40. The molecule has 0 fully saturated rings. The van der Waals surface area contributed by atoms with Crippen LogP contribution in [0.4, 0.5) is 14.5 Å². The number of amides is 2. The van der Waals surface area contributed by atoms with Crippen molar-refractivity contribution in [1.82, 2.24) is 14.8 Å². The number of ether oxygens (including phenoxy) is 1. The zero-order valence-electron chi connectivity index (χ0n) is 23.0. The van der Waals surface area contributed by atoms with Gasteiger partial charge in [-0.1, -0.05) is 32.9 Å². The first-order chi connectivity index (χ1) is 19.6. The standard InChI is InChI=1S/C30H31F2N5O4/c1-16(2)8-23-28(29(33)40)27(20-11-34-37(30(20)35-23)12-17(3)14-38)19-5-7-24-25(10-19)41-15-26(39)36(24)13-18-4-6-21(31)22(32)9-18/h4-7,9-11,16-17,38H,8,12-15H2,1-3H3,(H2,33,40)/t17-/m1/s1. The van der Waals surface area contributed by atoms with Gasteiger partial charge >= 0.3 is 0 Å². The Balaban J connectivity index is 1.65. The number of benzene rings is 2. The topological polar surface area (TPSA) is 124 Å². The molecule has 2 amide bonds. The summed E-state index contributed by atoms with van der Waals surface area (Å²) in [6, 6.07) is 8.69. The molecule has 41 heavy (non-hydrogen) atoms. The molecule has 1 aliphatic heterocycles. The minimum atomic E-state index is -0.995. The number of aliphatic hydroxyl groups excluding tert-OH is 1. The monoisotopic (exact) mass is 563 g/mol. The van der Waals surface area contributed by atoms with Gasteiger partial charge in [0.2, 0.25) is 0 Å². The van der Waals surface area contributed by atoms with Gasteiger partial charge in [0, 0.05) is 24.1 Å². The second-order valence-electron chi connectivity index (χ2n) is 10.8. The highest BCUT2D eigenvalue weighted by Gasteiger charge is 2.29. The van der Waals surface area contributed by atoms with Crippen LogP contribution in [0, 0.1) is 23.5 Å². The van der Waals surface area contributed by atoms with Crippen LogP contribution in [-0.4, -0.2) is 44.9 Å². The number of aromatic nitrogens is 3. The Bertz CT molecular complexity index is 1650. The lowest BCUT2D eigenvalue weighted by atomic mass is 9.92. The van der Waals surface area contributed by atoms with Crippen LogP contribution < -0.4 is 15.4 Å². The number of aliphatic hydroxyl groups is 1. The van der Waals surface area contributed by atoms with Gasteiger partial charge < -0.3 is 20.5 Å². The zero-order valence-corrected chi connectivity index (χ0v) is 23.0. The third-order valence-corrected chi connectivity index (χ3v) is 7.02. The van der Waals surface area contributed by atoms with E-state index in [1.165, 1.54) is 11.0 Å². The summed E-state index contributed by atoms with van der Waals surface area (Å²) >= 11 is 0. The molecular weight excluding hydrogens is 532 g/mol. The smallest absolute Gasteiger partial charge is 0.265 e. The lowest BCUT2D eigenvalue weighted by Crippen LogP contribution is -2.38. The third-order valence-electron chi connectivity index (χ3n) is 7.02. The minimum absolute atomic E-state index is 0.0195. The Morgan fingerprint density at radius 3 is 2.61 bits per heavy atom. The molecule has 0 spiro atoms. The van der Waals surface area contributed by atoms with E-state index in [0.717, 1.165) is 12.1 Å². The molecule has 0 aliphatic carbocycles. The fourth-order valence-corrected chi connectivity index (χ4v) is 5.08. The van der Waals surface area contributed by atoms with Gasteiger partial charge in [0.15, 0.2) is 23.9 Å². The maximum absolute atomic E-state index is 13.8. The molecule has 0 saturated heterocycles. The van der Waals surface area contributed by atoms with Gasteiger partial charge in [-0.15, -0.1) is 0 Å². The van der Waals surface area contributed by atoms with Crippen molar-refractivity contribution in [2.45, 2.75) is 40.3 Å². The average Bonchev–Trinajstić information content (AvgIpc) is 3.32. The summed E-state index contributed by atoms with van der Waals surface area (Å²) in [7, 11) is 0. The summed E-state index contributed by atoms with van der Waals surface area (Å²) in [5.41, 5.74) is 9.37. The number of carbonyl (C=O) groups is 2. The van der Waals surface area contributed by atoms with Gasteiger partial charge in [-0.05, 0) is 53.6 Å². The SMILES string of the molecule is CC(C)Cc1nc2c(cnn2C[C@@H](C)CO)c(-c2ccc3c(c2)OCC(=O)N3Cc2ccc(F)c(F)c2)c1C(N)=O. The fraction of sp³-hybridized carbons (Fsp3) is 0.333. The summed E-state index contributed by atoms with van der Waals surface area (Å²) in [4.78, 5) is 31.9. The van der Waals surface area contributed by atoms with Crippen LogP contribution in [0.25, 0.3) is 22.2 Å². The molecule has 11 heteroatoms. The largest absolute Gasteiger partial charge is 0.482 e. The van der Waals surface area contributed by atoms with Crippen LogP contribution in [0.1, 0.15) is 42.4 Å². The summed E-state index contributed by atoms with van der Waals surface area (Å²) in [5.74, 6) is -2.42. The first-order valence-corrected chi connectivity index (χ1v) is 13.4. The van der Waals surface area contributed by atoms with Crippen molar-refractivity contribution in [2.24, 2.45) is 17.6 Å². The molecule has 1 aliphatic rings. The van der Waals surface area contributed by atoms with Crippen molar-refractivity contribution in [3.63, 3.8) is 0 Å². The number of pyridine rings is 1.